The molecular weight excluding hydrogens is 1200 g/mol. The van der Waals surface area contributed by atoms with E-state index in [-0.39, 0.29) is 75.0 Å². The first-order valence-electron chi connectivity index (χ1n) is 27.8. The molecule has 0 radical (unpaired) electrons. The van der Waals surface area contributed by atoms with Crippen LogP contribution in [0.2, 0.25) is 0 Å². The minimum atomic E-state index is -1.77. The van der Waals surface area contributed by atoms with Crippen molar-refractivity contribution in [1.29, 1.82) is 0 Å². The predicted molar refractivity (Wildman–Crippen MR) is 319 cm³/mol. The number of aliphatic imine (C=N–C) groups is 1. The molecule has 1 saturated heterocycles. The number of rotatable bonds is 38. The van der Waals surface area contributed by atoms with Gasteiger partial charge in [0, 0.05) is 31.0 Å². The Morgan fingerprint density at radius 2 is 1.12 bits per heavy atom. The lowest BCUT2D eigenvalue weighted by Crippen LogP contribution is -2.60. The summed E-state index contributed by atoms with van der Waals surface area (Å²) in [5, 5.41) is 62.4. The fourth-order valence-corrected chi connectivity index (χ4v) is 8.89. The normalized spacial score (nSPS) is 16.1. The van der Waals surface area contributed by atoms with Gasteiger partial charge in [0.25, 0.3) is 0 Å². The van der Waals surface area contributed by atoms with Crippen LogP contribution >= 0.6 is 25.3 Å². The summed E-state index contributed by atoms with van der Waals surface area (Å²) in [7, 11) is 0. The van der Waals surface area contributed by atoms with Crippen LogP contribution in [0.1, 0.15) is 78.2 Å². The van der Waals surface area contributed by atoms with E-state index in [1.54, 1.807) is 27.7 Å². The molecule has 0 bridgehead atoms. The van der Waals surface area contributed by atoms with Crippen molar-refractivity contribution in [3.8, 4) is 5.75 Å². The molecule has 36 heteroatoms. The average Bonchev–Trinajstić information content (AvgIpc) is 2.15. The van der Waals surface area contributed by atoms with Gasteiger partial charge in [0.05, 0.1) is 38.6 Å². The number of nitrogens with zero attached hydrogens (tertiary/aromatic N) is 2. The van der Waals surface area contributed by atoms with Crippen LogP contribution in [-0.4, -0.2) is 219 Å². The van der Waals surface area contributed by atoms with E-state index in [0.29, 0.717) is 5.56 Å². The standard InChI is InChI=1S/C52H82N16O18S2/c1-5-25(4)41(50(85)59-20-37(72)61-32(21-69)45(80)62-28(8-6-14-57-52(55)56)43(78)65-33(22-87)46(81)63-29(42(54)77)17-38(73)74)67-44(79)30(16-26-10-12-27(70)13-11-26)60-36(71)19-58-48(83)35-9-7-15-68(35)51(86)31(18-39(75)76)64-47(82)34(23-88)66-49(84)40(53)24(2)3/h10-13,24-25,28-35,40-41,69-70,87-88H,5-9,14-23,53H2,1-4H3,(H2,54,77)(H,58,83)(H,59,85)(H,60,71)(H,61,72)(H,62,80)(H,63,81)(H,64,82)(H,65,78)(H,66,84)(H,67,79)(H,73,74)(H,75,76)(H4,55,56,57)/t25-,28-,29-,30-,31-,32-,33-,34-,35-,40-,41-/m0/s1. The van der Waals surface area contributed by atoms with Gasteiger partial charge in [-0.1, -0.05) is 46.2 Å². The Morgan fingerprint density at radius 3 is 1.65 bits per heavy atom. The van der Waals surface area contributed by atoms with Crippen molar-refractivity contribution in [2.75, 3.05) is 44.3 Å². The lowest BCUT2D eigenvalue weighted by Gasteiger charge is -2.29. The van der Waals surface area contributed by atoms with Crippen molar-refractivity contribution >= 4 is 114 Å². The highest BCUT2D eigenvalue weighted by atomic mass is 32.1. The number of aromatic hydroxyl groups is 1. The van der Waals surface area contributed by atoms with Crippen LogP contribution in [0.5, 0.6) is 5.75 Å². The summed E-state index contributed by atoms with van der Waals surface area (Å²) in [6.45, 7) is 3.86. The number of phenolic OH excluding ortho intramolecular Hbond substituents is 1. The zero-order valence-electron chi connectivity index (χ0n) is 48.9. The molecule has 12 amide bonds. The van der Waals surface area contributed by atoms with Crippen LogP contribution in [0.4, 0.5) is 0 Å². The Balaban J connectivity index is 2.24. The predicted octanol–water partition coefficient (Wildman–Crippen LogP) is -7.59. The number of carboxylic acid groups (broad SMARTS) is 2. The molecule has 1 heterocycles. The third kappa shape index (κ3) is 25.8. The molecule has 34 nitrogen and oxygen atoms in total. The third-order valence-corrected chi connectivity index (χ3v) is 14.3. The first kappa shape index (κ1) is 75.6. The van der Waals surface area contributed by atoms with Crippen molar-refractivity contribution in [1.82, 2.24) is 58.1 Å². The Kier molecular flexibility index (Phi) is 32.6. The molecule has 22 N–H and O–H groups in total. The van der Waals surface area contributed by atoms with Gasteiger partial charge in [0.2, 0.25) is 70.9 Å². The van der Waals surface area contributed by atoms with Crippen LogP contribution in [-0.2, 0) is 73.5 Å². The maximum absolute atomic E-state index is 14.1. The Morgan fingerprint density at radius 1 is 0.636 bits per heavy atom. The molecule has 1 aliphatic rings. The van der Waals surface area contributed by atoms with Gasteiger partial charge in [-0.05, 0) is 55.2 Å². The largest absolute Gasteiger partial charge is 0.508 e. The number of aliphatic hydroxyl groups excluding tert-OH is 1. The number of benzene rings is 1. The molecule has 1 aromatic carbocycles. The van der Waals surface area contributed by atoms with E-state index >= 15 is 0 Å². The Labute approximate surface area is 516 Å². The van der Waals surface area contributed by atoms with Gasteiger partial charge < -0.3 is 101 Å². The molecule has 0 saturated carbocycles. The van der Waals surface area contributed by atoms with E-state index in [9.17, 15) is 82.4 Å². The maximum atomic E-state index is 14.1. The molecule has 1 aliphatic heterocycles. The number of phenols is 1. The number of amides is 12. The van der Waals surface area contributed by atoms with Crippen LogP contribution in [0.3, 0.4) is 0 Å². The lowest BCUT2D eigenvalue weighted by molar-refractivity contribution is -0.146. The number of carbonyl (C=O) groups is 14. The van der Waals surface area contributed by atoms with E-state index in [1.165, 1.54) is 24.3 Å². The quantitative estimate of drug-likeness (QED) is 0.0127. The fraction of sp³-hybridized carbons (Fsp3) is 0.596. The van der Waals surface area contributed by atoms with E-state index in [0.717, 1.165) is 4.90 Å². The number of thiol groups is 2. The molecule has 2 rings (SSSR count). The van der Waals surface area contributed by atoms with Crippen molar-refractivity contribution < 1.29 is 87.5 Å². The van der Waals surface area contributed by atoms with Crippen LogP contribution in [0.25, 0.3) is 0 Å². The molecule has 0 aromatic heterocycles. The van der Waals surface area contributed by atoms with E-state index < -0.39 is 187 Å². The van der Waals surface area contributed by atoms with Crippen LogP contribution in [0.15, 0.2) is 29.3 Å². The van der Waals surface area contributed by atoms with Gasteiger partial charge in [-0.2, -0.15) is 25.3 Å². The van der Waals surface area contributed by atoms with Crippen LogP contribution < -0.4 is 76.1 Å². The molecule has 490 valence electrons. The average molecular weight is 1280 g/mol. The van der Waals surface area contributed by atoms with E-state index in [4.69, 9.17) is 28.0 Å². The molecule has 0 unspecified atom stereocenters. The molecule has 1 fully saturated rings. The number of hydrogen-bond acceptors (Lipinski definition) is 20. The van der Waals surface area contributed by atoms with Crippen molar-refractivity contribution in [2.24, 2.45) is 39.8 Å². The second-order valence-electron chi connectivity index (χ2n) is 20.8. The van der Waals surface area contributed by atoms with Crippen molar-refractivity contribution in [3.63, 3.8) is 0 Å². The highest BCUT2D eigenvalue weighted by molar-refractivity contribution is 7.80. The van der Waals surface area contributed by atoms with Gasteiger partial charge in [-0.3, -0.25) is 72.1 Å². The first-order valence-corrected chi connectivity index (χ1v) is 29.1. The number of carboxylic acids is 2. The second kappa shape index (κ2) is 37.9. The molecule has 1 aromatic rings. The summed E-state index contributed by atoms with van der Waals surface area (Å²) in [6, 6.07) is -9.07. The fourth-order valence-electron chi connectivity index (χ4n) is 8.38. The number of primary amides is 1. The maximum Gasteiger partial charge on any atom is 0.305 e. The number of nitrogens with one attached hydrogen (secondary N) is 10. The topological polar surface area (TPSA) is 560 Å². The number of guanidine groups is 1. The van der Waals surface area contributed by atoms with Crippen molar-refractivity contribution in [2.45, 2.75) is 139 Å². The first-order chi connectivity index (χ1) is 41.4. The Hall–Kier alpha value is -8.51. The molecule has 0 aliphatic carbocycles. The Bertz CT molecular complexity index is 2690. The number of hydrogen-bond donors (Lipinski definition) is 20. The number of carbonyl (C=O) groups excluding carboxylic acids is 12. The minimum Gasteiger partial charge on any atom is -0.508 e. The van der Waals surface area contributed by atoms with Crippen LogP contribution in [0, 0.1) is 11.8 Å². The molecule has 88 heavy (non-hydrogen) atoms. The molecular formula is C52H82N16O18S2. The van der Waals surface area contributed by atoms with Gasteiger partial charge in [-0.25, -0.2) is 0 Å². The minimum absolute atomic E-state index is 0.0437. The summed E-state index contributed by atoms with van der Waals surface area (Å²) in [5.41, 5.74) is 22.3. The lowest BCUT2D eigenvalue weighted by atomic mass is 9.97. The van der Waals surface area contributed by atoms with Gasteiger partial charge in [-0.15, -0.1) is 0 Å². The van der Waals surface area contributed by atoms with E-state index in [1.807, 2.05) is 0 Å². The molecule has 0 spiro atoms. The third-order valence-electron chi connectivity index (χ3n) is 13.6. The summed E-state index contributed by atoms with van der Waals surface area (Å²) < 4.78 is 0. The van der Waals surface area contributed by atoms with Gasteiger partial charge >= 0.3 is 11.9 Å². The highest BCUT2D eigenvalue weighted by Crippen LogP contribution is 2.20. The number of aliphatic hydroxyl groups is 1. The highest BCUT2D eigenvalue weighted by Gasteiger charge is 2.40. The number of aliphatic carboxylic acids is 2. The SMILES string of the molecule is CC[C@H](C)[C@H](NC(=O)[C@H](Cc1ccc(O)cc1)NC(=O)CNC(=O)[C@@H]1CCCN1C(=O)[C@H](CC(=O)O)NC(=O)[C@H](CS)NC(=O)[C@@H](N)C(C)C)C(=O)NCC(=O)N[C@@H](CO)C(=O)N[C@@H](CCCN=C(N)N)C(=O)N[C@@H](CS)C(=O)N[C@@H](CC(=O)O)C(N)=O. The zero-order chi connectivity index (χ0) is 66.5. The smallest absolute Gasteiger partial charge is 0.305 e. The monoisotopic (exact) mass is 1280 g/mol. The number of likely N-dealkylation sites (tertiary alicyclic amines) is 1. The molecule has 11 atom stereocenters. The summed E-state index contributed by atoms with van der Waals surface area (Å²) >= 11 is 8.15. The summed E-state index contributed by atoms with van der Waals surface area (Å²) in [6.07, 6.45) is -1.60. The summed E-state index contributed by atoms with van der Waals surface area (Å²) in [5.74, 6) is -16.6. The number of nitrogens with two attached hydrogens (primary N) is 4. The van der Waals surface area contributed by atoms with Crippen molar-refractivity contribution in [3.05, 3.63) is 29.8 Å². The second-order valence-corrected chi connectivity index (χ2v) is 21.5. The summed E-state index contributed by atoms with van der Waals surface area (Å²) in [4.78, 5) is 188. The van der Waals surface area contributed by atoms with Gasteiger partial charge in [0.15, 0.2) is 5.96 Å². The zero-order valence-corrected chi connectivity index (χ0v) is 50.7. The van der Waals surface area contributed by atoms with Gasteiger partial charge in [0.1, 0.15) is 60.1 Å². The van der Waals surface area contributed by atoms with E-state index in [2.05, 4.69) is 83.4 Å².